The van der Waals surface area contributed by atoms with Gasteiger partial charge in [-0.3, -0.25) is 9.89 Å². The van der Waals surface area contributed by atoms with Crippen LogP contribution in [0.5, 0.6) is 11.5 Å². The molecule has 152 valence electrons. The maximum absolute atomic E-state index is 13.1. The third-order valence-corrected chi connectivity index (χ3v) is 5.22. The minimum Gasteiger partial charge on any atom is -0.507 e. The monoisotopic (exact) mass is 401 g/mol. The number of H-pyrrole nitrogens is 1. The minimum absolute atomic E-state index is 0.0805. The van der Waals surface area contributed by atoms with Crippen LogP contribution in [0.1, 0.15) is 27.2 Å². The Morgan fingerprint density at radius 1 is 1.13 bits per heavy atom. The number of carbonyl (C=O) groups is 1. The molecular formula is C24H23N3O3. The lowest BCUT2D eigenvalue weighted by molar-refractivity contribution is 0.0990. The van der Waals surface area contributed by atoms with Crippen molar-refractivity contribution in [2.75, 3.05) is 19.1 Å². The van der Waals surface area contributed by atoms with E-state index in [2.05, 4.69) is 10.2 Å². The van der Waals surface area contributed by atoms with Gasteiger partial charge in [0.25, 0.3) is 5.91 Å². The number of aromatic hydroxyl groups is 1. The number of nitrogens with zero attached hydrogens (tertiary/aromatic N) is 2. The van der Waals surface area contributed by atoms with Crippen LogP contribution in [0.4, 0.5) is 5.69 Å². The van der Waals surface area contributed by atoms with Gasteiger partial charge in [-0.1, -0.05) is 29.8 Å². The van der Waals surface area contributed by atoms with Crippen molar-refractivity contribution in [2.45, 2.75) is 13.3 Å². The number of nitrogens with one attached hydrogen (secondary N) is 1. The topological polar surface area (TPSA) is 78.5 Å². The Labute approximate surface area is 174 Å². The molecule has 0 saturated carbocycles. The van der Waals surface area contributed by atoms with Gasteiger partial charge in [0.15, 0.2) is 0 Å². The molecule has 2 N–H and O–H groups in total. The van der Waals surface area contributed by atoms with E-state index < -0.39 is 0 Å². The van der Waals surface area contributed by atoms with Crippen LogP contribution in [-0.2, 0) is 6.42 Å². The predicted octanol–water partition coefficient (Wildman–Crippen LogP) is 4.45. The quantitative estimate of drug-likeness (QED) is 0.518. The Hall–Kier alpha value is -3.80. The Morgan fingerprint density at radius 3 is 2.63 bits per heavy atom. The number of carbonyl (C=O) groups excluding carboxylic acids is 1. The highest BCUT2D eigenvalue weighted by Gasteiger charge is 2.20. The van der Waals surface area contributed by atoms with Crippen LogP contribution in [0.3, 0.4) is 0 Å². The maximum atomic E-state index is 13.1. The maximum Gasteiger partial charge on any atom is 0.261 e. The second-order valence-electron chi connectivity index (χ2n) is 7.31. The first kappa shape index (κ1) is 19.5. The molecule has 0 aliphatic carbocycles. The second kappa shape index (κ2) is 7.91. The summed E-state index contributed by atoms with van der Waals surface area (Å²) < 4.78 is 5.29. The summed E-state index contributed by atoms with van der Waals surface area (Å²) in [5.74, 6) is 0.412. The number of fused-ring (bicyclic) bond motifs is 1. The molecule has 6 nitrogen and oxygen atoms in total. The number of hydrogen-bond donors (Lipinski definition) is 2. The molecular weight excluding hydrogens is 378 g/mol. The van der Waals surface area contributed by atoms with Gasteiger partial charge in [-0.2, -0.15) is 5.10 Å². The third-order valence-electron chi connectivity index (χ3n) is 5.22. The molecule has 6 heteroatoms. The van der Waals surface area contributed by atoms with Crippen LogP contribution < -0.4 is 9.64 Å². The lowest BCUT2D eigenvalue weighted by Gasteiger charge is -2.18. The first-order chi connectivity index (χ1) is 14.5. The molecule has 4 rings (SSSR count). The number of hydrogen-bond acceptors (Lipinski definition) is 4. The molecule has 3 aromatic carbocycles. The van der Waals surface area contributed by atoms with Crippen molar-refractivity contribution in [1.29, 1.82) is 0 Å². The molecule has 0 atom stereocenters. The Kier molecular flexibility index (Phi) is 5.14. The number of anilines is 1. The summed E-state index contributed by atoms with van der Waals surface area (Å²) in [6, 6.07) is 18.7. The summed E-state index contributed by atoms with van der Waals surface area (Å²) in [4.78, 5) is 14.6. The van der Waals surface area contributed by atoms with Crippen LogP contribution in [0.25, 0.3) is 10.9 Å². The van der Waals surface area contributed by atoms with Crippen molar-refractivity contribution in [3.8, 4) is 11.5 Å². The number of methoxy groups -OCH3 is 1. The lowest BCUT2D eigenvalue weighted by atomic mass is 10.0. The Bertz CT molecular complexity index is 1210. The van der Waals surface area contributed by atoms with E-state index in [1.165, 1.54) is 4.90 Å². The largest absolute Gasteiger partial charge is 0.507 e. The van der Waals surface area contributed by atoms with E-state index in [0.29, 0.717) is 11.9 Å². The second-order valence-corrected chi connectivity index (χ2v) is 7.31. The fraction of sp³-hybridized carbons (Fsp3) is 0.167. The van der Waals surface area contributed by atoms with Crippen molar-refractivity contribution in [3.63, 3.8) is 0 Å². The van der Waals surface area contributed by atoms with Gasteiger partial charge in [-0.05, 0) is 42.8 Å². The predicted molar refractivity (Wildman–Crippen MR) is 117 cm³/mol. The number of phenols is 1. The average Bonchev–Trinajstić information content (AvgIpc) is 3.14. The van der Waals surface area contributed by atoms with Gasteiger partial charge in [0.05, 0.1) is 23.9 Å². The van der Waals surface area contributed by atoms with Gasteiger partial charge < -0.3 is 14.7 Å². The summed E-state index contributed by atoms with van der Waals surface area (Å²) in [7, 11) is 3.33. The van der Waals surface area contributed by atoms with Gasteiger partial charge in [0.1, 0.15) is 11.5 Å². The molecule has 0 spiro atoms. The molecule has 0 aliphatic rings. The Balaban J connectivity index is 1.69. The number of aromatic nitrogens is 2. The summed E-state index contributed by atoms with van der Waals surface area (Å²) >= 11 is 0. The molecule has 1 amide bonds. The van der Waals surface area contributed by atoms with E-state index in [1.807, 2.05) is 55.5 Å². The zero-order valence-corrected chi connectivity index (χ0v) is 17.1. The molecule has 0 fully saturated rings. The molecule has 0 saturated heterocycles. The van der Waals surface area contributed by atoms with Crippen LogP contribution in [0.15, 0.2) is 60.7 Å². The van der Waals surface area contributed by atoms with Crippen LogP contribution in [-0.4, -0.2) is 35.4 Å². The molecule has 0 unspecified atom stereocenters. The number of phenolic OH excluding ortho intramolecular Hbond substituents is 1. The van der Waals surface area contributed by atoms with Crippen molar-refractivity contribution in [3.05, 3.63) is 83.0 Å². The fourth-order valence-corrected chi connectivity index (χ4v) is 3.46. The molecule has 0 aliphatic heterocycles. The first-order valence-corrected chi connectivity index (χ1v) is 9.64. The van der Waals surface area contributed by atoms with Gasteiger partial charge in [0, 0.05) is 30.6 Å². The summed E-state index contributed by atoms with van der Waals surface area (Å²) in [5, 5.41) is 18.6. The number of aromatic amines is 1. The third kappa shape index (κ3) is 3.72. The molecule has 0 bridgehead atoms. The van der Waals surface area contributed by atoms with Gasteiger partial charge in [-0.25, -0.2) is 0 Å². The van der Waals surface area contributed by atoms with E-state index in [1.54, 1.807) is 26.3 Å². The van der Waals surface area contributed by atoms with E-state index >= 15 is 0 Å². The van der Waals surface area contributed by atoms with Crippen LogP contribution in [0.2, 0.25) is 0 Å². The smallest absolute Gasteiger partial charge is 0.261 e. The molecule has 1 heterocycles. The normalized spacial score (nSPS) is 10.9. The van der Waals surface area contributed by atoms with E-state index in [0.717, 1.165) is 33.6 Å². The van der Waals surface area contributed by atoms with Gasteiger partial charge in [0.2, 0.25) is 0 Å². The van der Waals surface area contributed by atoms with E-state index in [4.69, 9.17) is 4.74 Å². The van der Waals surface area contributed by atoms with Crippen molar-refractivity contribution >= 4 is 22.5 Å². The Morgan fingerprint density at radius 2 is 1.90 bits per heavy atom. The van der Waals surface area contributed by atoms with Gasteiger partial charge in [-0.15, -0.1) is 0 Å². The van der Waals surface area contributed by atoms with Crippen LogP contribution in [0, 0.1) is 6.92 Å². The number of aryl methyl sites for hydroxylation is 1. The summed E-state index contributed by atoms with van der Waals surface area (Å²) in [6.45, 7) is 1.99. The minimum atomic E-state index is -0.285. The summed E-state index contributed by atoms with van der Waals surface area (Å²) in [5.41, 5.74) is 4.63. The lowest BCUT2D eigenvalue weighted by Crippen LogP contribution is -2.26. The summed E-state index contributed by atoms with van der Waals surface area (Å²) in [6.07, 6.45) is 0.573. The highest BCUT2D eigenvalue weighted by molar-refractivity contribution is 6.09. The average molecular weight is 401 g/mol. The van der Waals surface area contributed by atoms with Crippen molar-refractivity contribution in [2.24, 2.45) is 0 Å². The van der Waals surface area contributed by atoms with E-state index in [9.17, 15) is 9.90 Å². The fourth-order valence-electron chi connectivity index (χ4n) is 3.46. The number of amides is 1. The van der Waals surface area contributed by atoms with Crippen molar-refractivity contribution in [1.82, 2.24) is 10.2 Å². The van der Waals surface area contributed by atoms with Crippen LogP contribution >= 0.6 is 0 Å². The molecule has 1 aromatic heterocycles. The zero-order chi connectivity index (χ0) is 21.3. The number of benzene rings is 3. The van der Waals surface area contributed by atoms with E-state index in [-0.39, 0.29) is 17.2 Å². The first-order valence-electron chi connectivity index (χ1n) is 9.64. The molecule has 4 aromatic rings. The molecule has 0 radical (unpaired) electrons. The standard InChI is InChI=1S/C24H23N3O3/c1-15-7-9-17(10-8-15)27(2)24(29)20-13-19-21(25-26-22(19)14-23(20)28)12-16-5-4-6-18(11-16)30-3/h4-11,13-14,28H,12H2,1-3H3,(H,25,26). The zero-order valence-electron chi connectivity index (χ0n) is 17.1. The van der Waals surface area contributed by atoms with Crippen molar-refractivity contribution < 1.29 is 14.6 Å². The highest BCUT2D eigenvalue weighted by Crippen LogP contribution is 2.29. The number of rotatable bonds is 5. The SMILES string of the molecule is COc1cccc(Cc2n[nH]c3cc(O)c(C(=O)N(C)c4ccc(C)cc4)cc23)c1. The number of ether oxygens (including phenoxy) is 1. The van der Waals surface area contributed by atoms with Gasteiger partial charge >= 0.3 is 0 Å². The molecule has 30 heavy (non-hydrogen) atoms. The highest BCUT2D eigenvalue weighted by atomic mass is 16.5.